The first-order chi connectivity index (χ1) is 7.75. The molecule has 0 amide bonds. The molecule has 0 saturated heterocycles. The van der Waals surface area contributed by atoms with Gasteiger partial charge in [0.2, 0.25) is 0 Å². The van der Waals surface area contributed by atoms with Gasteiger partial charge in [-0.15, -0.1) is 0 Å². The molecule has 0 aromatic heterocycles. The zero-order valence-electron chi connectivity index (χ0n) is 8.53. The van der Waals surface area contributed by atoms with Gasteiger partial charge in [0.1, 0.15) is 0 Å². The predicted octanol–water partition coefficient (Wildman–Crippen LogP) is 5.07. The summed E-state index contributed by atoms with van der Waals surface area (Å²) in [4.78, 5) is 0. The van der Waals surface area contributed by atoms with E-state index in [1.807, 2.05) is 0 Å². The van der Waals surface area contributed by atoms with Crippen molar-refractivity contribution in [2.45, 2.75) is 0 Å². The average Bonchev–Trinajstić information content (AvgIpc) is 2.28. The van der Waals surface area contributed by atoms with Gasteiger partial charge in [-0.25, -0.2) is 0 Å². The van der Waals surface area contributed by atoms with Crippen LogP contribution in [0.5, 0.6) is 0 Å². The molecule has 16 heavy (non-hydrogen) atoms. The van der Waals surface area contributed by atoms with Crippen LogP contribution in [0.25, 0.3) is 12.2 Å². The zero-order valence-corrected chi connectivity index (χ0v) is 12.8. The highest BCUT2D eigenvalue weighted by Gasteiger charge is 1.93. The summed E-state index contributed by atoms with van der Waals surface area (Å²) < 4.78 is 2.55. The van der Waals surface area contributed by atoms with Crippen molar-refractivity contribution < 1.29 is 0 Å². The summed E-state index contributed by atoms with van der Waals surface area (Å²) >= 11 is 4.69. The fourth-order valence-corrected chi connectivity index (χ4v) is 2.54. The summed E-state index contributed by atoms with van der Waals surface area (Å²) in [5.41, 5.74) is 2.51. The van der Waals surface area contributed by atoms with E-state index in [0.717, 1.165) is 0 Å². The Balaban J connectivity index is 2.25. The molecular formula is C14H10I2. The summed E-state index contributed by atoms with van der Waals surface area (Å²) in [5, 5.41) is 0. The maximum atomic E-state index is 2.36. The highest BCUT2D eigenvalue weighted by atomic mass is 127. The fraction of sp³-hybridized carbons (Fsp3) is 0. The molecule has 80 valence electrons. The summed E-state index contributed by atoms with van der Waals surface area (Å²) in [6, 6.07) is 16.9. The molecule has 0 aliphatic rings. The van der Waals surface area contributed by atoms with Gasteiger partial charge < -0.3 is 0 Å². The van der Waals surface area contributed by atoms with Gasteiger partial charge in [0.15, 0.2) is 0 Å². The van der Waals surface area contributed by atoms with Crippen molar-refractivity contribution in [2.24, 2.45) is 0 Å². The van der Waals surface area contributed by atoms with Gasteiger partial charge >= 0.3 is 0 Å². The molecule has 0 fully saturated rings. The zero-order chi connectivity index (χ0) is 11.4. The molecule has 2 aromatic rings. The van der Waals surface area contributed by atoms with Crippen LogP contribution in [0.1, 0.15) is 11.1 Å². The fourth-order valence-electron chi connectivity index (χ4n) is 1.41. The lowest BCUT2D eigenvalue weighted by atomic mass is 10.1. The average molecular weight is 432 g/mol. The summed E-state index contributed by atoms with van der Waals surface area (Å²) in [7, 11) is 0. The Morgan fingerprint density at radius 1 is 0.812 bits per heavy atom. The van der Waals surface area contributed by atoms with Gasteiger partial charge in [-0.3, -0.25) is 0 Å². The van der Waals surface area contributed by atoms with Crippen LogP contribution in [0, 0.1) is 7.14 Å². The Morgan fingerprint density at radius 3 is 2.38 bits per heavy atom. The van der Waals surface area contributed by atoms with Crippen LogP contribution in [-0.4, -0.2) is 0 Å². The Hall–Kier alpha value is -0.360. The molecule has 0 aliphatic heterocycles. The van der Waals surface area contributed by atoms with Crippen LogP contribution in [0.4, 0.5) is 0 Å². The Bertz CT molecular complexity index is 516. The third kappa shape index (κ3) is 3.31. The second-order valence-corrected chi connectivity index (χ2v) is 5.82. The van der Waals surface area contributed by atoms with E-state index < -0.39 is 0 Å². The molecule has 0 atom stereocenters. The molecule has 0 saturated carbocycles. The van der Waals surface area contributed by atoms with E-state index in [1.54, 1.807) is 0 Å². The van der Waals surface area contributed by atoms with E-state index in [0.29, 0.717) is 0 Å². The van der Waals surface area contributed by atoms with Crippen LogP contribution < -0.4 is 0 Å². The van der Waals surface area contributed by atoms with E-state index in [9.17, 15) is 0 Å². The topological polar surface area (TPSA) is 0 Å². The molecular weight excluding hydrogens is 422 g/mol. The quantitative estimate of drug-likeness (QED) is 0.460. The van der Waals surface area contributed by atoms with Crippen LogP contribution in [0.3, 0.4) is 0 Å². The molecule has 0 bridgehead atoms. The normalized spacial score (nSPS) is 10.9. The molecule has 0 heterocycles. The Labute approximate surface area is 123 Å². The molecule has 2 rings (SSSR count). The SMILES string of the molecule is Ic1cccc(/C=C/c2ccccc2I)c1. The minimum absolute atomic E-state index is 1.24. The van der Waals surface area contributed by atoms with Gasteiger partial charge in [-0.2, -0.15) is 0 Å². The van der Waals surface area contributed by atoms with E-state index in [-0.39, 0.29) is 0 Å². The predicted molar refractivity (Wildman–Crippen MR) is 87.2 cm³/mol. The lowest BCUT2D eigenvalue weighted by Crippen LogP contribution is -1.78. The van der Waals surface area contributed by atoms with Crippen molar-refractivity contribution in [1.29, 1.82) is 0 Å². The Kier molecular flexibility index (Phi) is 4.40. The van der Waals surface area contributed by atoms with Crippen molar-refractivity contribution in [3.8, 4) is 0 Å². The van der Waals surface area contributed by atoms with Crippen molar-refractivity contribution in [3.05, 3.63) is 66.8 Å². The standard InChI is InChI=1S/C14H10I2/c15-13-6-3-4-11(10-13)8-9-12-5-1-2-7-14(12)16/h1-10H/b9-8+. The number of hydrogen-bond donors (Lipinski definition) is 0. The van der Waals surface area contributed by atoms with Gasteiger partial charge in [0.05, 0.1) is 0 Å². The maximum absolute atomic E-state index is 2.36. The molecule has 0 nitrogen and oxygen atoms in total. The van der Waals surface area contributed by atoms with Crippen molar-refractivity contribution in [3.63, 3.8) is 0 Å². The second kappa shape index (κ2) is 5.82. The smallest absolute Gasteiger partial charge is 0.0202 e. The molecule has 0 spiro atoms. The molecule has 0 radical (unpaired) electrons. The number of halogens is 2. The second-order valence-electron chi connectivity index (χ2n) is 3.41. The van der Waals surface area contributed by atoms with Crippen molar-refractivity contribution in [1.82, 2.24) is 0 Å². The van der Waals surface area contributed by atoms with Crippen LogP contribution in [-0.2, 0) is 0 Å². The first kappa shape index (κ1) is 12.1. The first-order valence-electron chi connectivity index (χ1n) is 4.94. The summed E-state index contributed by atoms with van der Waals surface area (Å²) in [6.07, 6.45) is 4.31. The van der Waals surface area contributed by atoms with Gasteiger partial charge in [-0.1, -0.05) is 42.5 Å². The summed E-state index contributed by atoms with van der Waals surface area (Å²) in [6.45, 7) is 0. The lowest BCUT2D eigenvalue weighted by Gasteiger charge is -1.98. The first-order valence-corrected chi connectivity index (χ1v) is 7.09. The molecule has 2 heteroatoms. The van der Waals surface area contributed by atoms with Crippen LogP contribution in [0.2, 0.25) is 0 Å². The van der Waals surface area contributed by atoms with Gasteiger partial charge in [0, 0.05) is 7.14 Å². The lowest BCUT2D eigenvalue weighted by molar-refractivity contribution is 1.59. The number of rotatable bonds is 2. The van der Waals surface area contributed by atoms with Gasteiger partial charge in [-0.05, 0) is 74.5 Å². The third-order valence-electron chi connectivity index (χ3n) is 2.21. The molecule has 0 N–H and O–H groups in total. The Morgan fingerprint density at radius 2 is 1.62 bits per heavy atom. The van der Waals surface area contributed by atoms with Crippen LogP contribution >= 0.6 is 45.2 Å². The molecule has 0 unspecified atom stereocenters. The monoisotopic (exact) mass is 432 g/mol. The number of hydrogen-bond acceptors (Lipinski definition) is 0. The van der Waals surface area contributed by atoms with Crippen molar-refractivity contribution in [2.75, 3.05) is 0 Å². The minimum atomic E-state index is 1.24. The largest absolute Gasteiger partial charge is 0.0616 e. The maximum Gasteiger partial charge on any atom is 0.0202 e. The van der Waals surface area contributed by atoms with Gasteiger partial charge in [0.25, 0.3) is 0 Å². The molecule has 0 aliphatic carbocycles. The van der Waals surface area contributed by atoms with Crippen LogP contribution in [0.15, 0.2) is 48.5 Å². The van der Waals surface area contributed by atoms with E-state index >= 15 is 0 Å². The van der Waals surface area contributed by atoms with Crippen molar-refractivity contribution >= 4 is 57.3 Å². The number of benzene rings is 2. The van der Waals surface area contributed by atoms with E-state index in [2.05, 4.69) is 106 Å². The summed E-state index contributed by atoms with van der Waals surface area (Å²) in [5.74, 6) is 0. The van der Waals surface area contributed by atoms with E-state index in [4.69, 9.17) is 0 Å². The highest BCUT2D eigenvalue weighted by molar-refractivity contribution is 14.1. The highest BCUT2D eigenvalue weighted by Crippen LogP contribution is 2.16. The van der Waals surface area contributed by atoms with E-state index in [1.165, 1.54) is 18.3 Å². The minimum Gasteiger partial charge on any atom is -0.0616 e. The molecule has 2 aromatic carbocycles. The third-order valence-corrected chi connectivity index (χ3v) is 3.86.